The van der Waals surface area contributed by atoms with E-state index < -0.39 is 0 Å². The summed E-state index contributed by atoms with van der Waals surface area (Å²) in [5.74, 6) is 1.65. The third-order valence-electron chi connectivity index (χ3n) is 2.44. The molecule has 1 aromatic rings. The lowest BCUT2D eigenvalue weighted by molar-refractivity contribution is 0.475. The second-order valence-corrected chi connectivity index (χ2v) is 4.76. The largest absolute Gasteiger partial charge is 0.508 e. The molecule has 0 saturated carbocycles. The van der Waals surface area contributed by atoms with Crippen molar-refractivity contribution in [3.8, 4) is 5.75 Å². The van der Waals surface area contributed by atoms with Crippen molar-refractivity contribution in [1.82, 2.24) is 0 Å². The van der Waals surface area contributed by atoms with Crippen LogP contribution in [-0.4, -0.2) is 10.9 Å². The minimum atomic E-state index is 0.365. The van der Waals surface area contributed by atoms with Crippen molar-refractivity contribution in [1.29, 1.82) is 0 Å². The lowest BCUT2D eigenvalue weighted by Crippen LogP contribution is -2.01. The molecule has 1 nitrogen and oxygen atoms in total. The first-order chi connectivity index (χ1) is 6.36. The zero-order chi connectivity index (χ0) is 9.10. The Hall–Kier alpha value is -0.630. The van der Waals surface area contributed by atoms with Crippen molar-refractivity contribution >= 4 is 11.8 Å². The van der Waals surface area contributed by atoms with Gasteiger partial charge >= 0.3 is 0 Å². The Bertz CT molecular complexity index is 262. The Morgan fingerprint density at radius 1 is 1.15 bits per heavy atom. The van der Waals surface area contributed by atoms with Crippen LogP contribution in [0.4, 0.5) is 0 Å². The molecule has 70 valence electrons. The summed E-state index contributed by atoms with van der Waals surface area (Å²) in [7, 11) is 0. The van der Waals surface area contributed by atoms with Crippen LogP contribution in [0.3, 0.4) is 0 Å². The average Bonchev–Trinajstić information content (AvgIpc) is 2.20. The molecular weight excluding hydrogens is 180 g/mol. The van der Waals surface area contributed by atoms with Gasteiger partial charge in [0.25, 0.3) is 0 Å². The predicted octanol–water partition coefficient (Wildman–Crippen LogP) is 3.35. The predicted molar refractivity (Wildman–Crippen MR) is 57.2 cm³/mol. The average molecular weight is 194 g/mol. The van der Waals surface area contributed by atoms with E-state index in [1.165, 1.54) is 30.6 Å². The third kappa shape index (κ3) is 2.19. The monoisotopic (exact) mass is 194 g/mol. The zero-order valence-electron chi connectivity index (χ0n) is 7.57. The van der Waals surface area contributed by atoms with Gasteiger partial charge in [0.2, 0.25) is 0 Å². The van der Waals surface area contributed by atoms with Crippen LogP contribution in [0.25, 0.3) is 0 Å². The number of hydrogen-bond acceptors (Lipinski definition) is 2. The van der Waals surface area contributed by atoms with Crippen LogP contribution >= 0.6 is 11.8 Å². The van der Waals surface area contributed by atoms with Crippen molar-refractivity contribution in [2.75, 3.05) is 5.75 Å². The maximum Gasteiger partial charge on any atom is 0.115 e. The highest BCUT2D eigenvalue weighted by Crippen LogP contribution is 2.38. The zero-order valence-corrected chi connectivity index (χ0v) is 8.39. The Kier molecular flexibility index (Phi) is 2.79. The molecular formula is C11H14OS. The van der Waals surface area contributed by atoms with Crippen molar-refractivity contribution in [3.63, 3.8) is 0 Å². The van der Waals surface area contributed by atoms with E-state index in [1.807, 2.05) is 23.9 Å². The standard InChI is InChI=1S/C11H14OS/c12-10-6-4-9(5-7-10)11-3-1-2-8-13-11/h4-7,11-12H,1-3,8H2. The van der Waals surface area contributed by atoms with Crippen molar-refractivity contribution in [2.24, 2.45) is 0 Å². The molecule has 0 radical (unpaired) electrons. The molecule has 0 aliphatic carbocycles. The number of phenolic OH excluding ortho intramolecular Hbond substituents is 1. The molecule has 0 bridgehead atoms. The van der Waals surface area contributed by atoms with E-state index in [2.05, 4.69) is 0 Å². The second kappa shape index (κ2) is 4.05. The number of benzene rings is 1. The van der Waals surface area contributed by atoms with E-state index in [4.69, 9.17) is 5.11 Å². The number of aromatic hydroxyl groups is 1. The van der Waals surface area contributed by atoms with Gasteiger partial charge < -0.3 is 5.11 Å². The highest BCUT2D eigenvalue weighted by molar-refractivity contribution is 7.99. The topological polar surface area (TPSA) is 20.2 Å². The Labute approximate surface area is 83.2 Å². The summed E-state index contributed by atoms with van der Waals surface area (Å²) in [6.45, 7) is 0. The van der Waals surface area contributed by atoms with E-state index in [-0.39, 0.29) is 0 Å². The van der Waals surface area contributed by atoms with Crippen LogP contribution in [0.1, 0.15) is 30.1 Å². The van der Waals surface area contributed by atoms with Crippen molar-refractivity contribution < 1.29 is 5.11 Å². The minimum Gasteiger partial charge on any atom is -0.508 e. The first kappa shape index (κ1) is 8.95. The molecule has 0 aromatic heterocycles. The van der Waals surface area contributed by atoms with E-state index in [0.717, 1.165) is 0 Å². The quantitative estimate of drug-likeness (QED) is 0.739. The Morgan fingerprint density at radius 2 is 1.92 bits per heavy atom. The highest BCUT2D eigenvalue weighted by Gasteiger charge is 2.15. The maximum absolute atomic E-state index is 9.15. The smallest absolute Gasteiger partial charge is 0.115 e. The number of hydrogen-bond donors (Lipinski definition) is 1. The maximum atomic E-state index is 9.15. The minimum absolute atomic E-state index is 0.365. The molecule has 1 saturated heterocycles. The summed E-state index contributed by atoms with van der Waals surface area (Å²) in [6.07, 6.45) is 3.99. The number of thioether (sulfide) groups is 1. The van der Waals surface area contributed by atoms with Crippen molar-refractivity contribution in [2.45, 2.75) is 24.5 Å². The first-order valence-electron chi connectivity index (χ1n) is 4.77. The molecule has 1 aliphatic heterocycles. The normalized spacial score (nSPS) is 22.9. The molecule has 1 unspecified atom stereocenters. The molecule has 1 fully saturated rings. The van der Waals surface area contributed by atoms with Crippen molar-refractivity contribution in [3.05, 3.63) is 29.8 Å². The van der Waals surface area contributed by atoms with Gasteiger partial charge in [-0.05, 0) is 36.3 Å². The van der Waals surface area contributed by atoms with Gasteiger partial charge in [0.1, 0.15) is 5.75 Å². The molecule has 2 rings (SSSR count). The molecule has 2 heteroatoms. The lowest BCUT2D eigenvalue weighted by Gasteiger charge is -2.21. The first-order valence-corrected chi connectivity index (χ1v) is 5.82. The fourth-order valence-electron chi connectivity index (χ4n) is 1.69. The molecule has 1 N–H and O–H groups in total. The van der Waals surface area contributed by atoms with Gasteiger partial charge in [-0.1, -0.05) is 18.6 Å². The van der Waals surface area contributed by atoms with Crippen LogP contribution < -0.4 is 0 Å². The lowest BCUT2D eigenvalue weighted by atomic mass is 10.1. The van der Waals surface area contributed by atoms with E-state index >= 15 is 0 Å². The highest BCUT2D eigenvalue weighted by atomic mass is 32.2. The van der Waals surface area contributed by atoms with Gasteiger partial charge in [0.15, 0.2) is 0 Å². The second-order valence-electron chi connectivity index (χ2n) is 3.45. The summed E-state index contributed by atoms with van der Waals surface area (Å²) in [5.41, 5.74) is 1.36. The van der Waals surface area contributed by atoms with E-state index in [0.29, 0.717) is 11.0 Å². The van der Waals surface area contributed by atoms with Gasteiger partial charge in [0, 0.05) is 5.25 Å². The summed E-state index contributed by atoms with van der Waals surface area (Å²) in [4.78, 5) is 0. The molecule has 1 aromatic carbocycles. The summed E-state index contributed by atoms with van der Waals surface area (Å²) in [5, 5.41) is 9.81. The Balaban J connectivity index is 2.10. The van der Waals surface area contributed by atoms with Gasteiger partial charge in [-0.3, -0.25) is 0 Å². The van der Waals surface area contributed by atoms with Gasteiger partial charge in [-0.15, -0.1) is 0 Å². The molecule has 0 amide bonds. The van der Waals surface area contributed by atoms with Crippen LogP contribution in [0.2, 0.25) is 0 Å². The van der Waals surface area contributed by atoms with Crippen LogP contribution in [0.15, 0.2) is 24.3 Å². The van der Waals surface area contributed by atoms with Crippen LogP contribution in [-0.2, 0) is 0 Å². The van der Waals surface area contributed by atoms with E-state index in [1.54, 1.807) is 12.1 Å². The molecule has 1 atom stereocenters. The summed E-state index contributed by atoms with van der Waals surface area (Å²) < 4.78 is 0. The fraction of sp³-hybridized carbons (Fsp3) is 0.455. The summed E-state index contributed by atoms with van der Waals surface area (Å²) in [6, 6.07) is 7.64. The molecule has 1 heterocycles. The van der Waals surface area contributed by atoms with Gasteiger partial charge in [-0.25, -0.2) is 0 Å². The third-order valence-corrected chi connectivity index (χ3v) is 3.88. The van der Waals surface area contributed by atoms with Gasteiger partial charge in [-0.2, -0.15) is 11.8 Å². The number of phenols is 1. The number of rotatable bonds is 1. The molecule has 1 aliphatic rings. The van der Waals surface area contributed by atoms with E-state index in [9.17, 15) is 0 Å². The SMILES string of the molecule is Oc1ccc(C2CCCCS2)cc1. The van der Waals surface area contributed by atoms with Gasteiger partial charge in [0.05, 0.1) is 0 Å². The fourth-order valence-corrected chi connectivity index (χ4v) is 3.03. The summed E-state index contributed by atoms with van der Waals surface area (Å²) >= 11 is 2.04. The Morgan fingerprint density at radius 3 is 2.54 bits per heavy atom. The molecule has 0 spiro atoms. The molecule has 13 heavy (non-hydrogen) atoms. The van der Waals surface area contributed by atoms with Crippen LogP contribution in [0.5, 0.6) is 5.75 Å². The van der Waals surface area contributed by atoms with Crippen LogP contribution in [0, 0.1) is 0 Å².